The highest BCUT2D eigenvalue weighted by Crippen LogP contribution is 2.46. The number of fused-ring (bicyclic) bond motifs is 1. The Balaban J connectivity index is 2.34. The maximum atomic E-state index is 6.27. The third-order valence-electron chi connectivity index (χ3n) is 4.24. The largest absolute Gasteiger partial charge is 0.338 e. The molecular weight excluding hydrogens is 312 g/mol. The second kappa shape index (κ2) is 5.75. The van der Waals surface area contributed by atoms with Gasteiger partial charge in [0.25, 0.3) is 0 Å². The first kappa shape index (κ1) is 15.1. The number of nitrogens with zero attached hydrogens (tertiary/aromatic N) is 1. The summed E-state index contributed by atoms with van der Waals surface area (Å²) in [5.41, 5.74) is 2.89. The number of thiocarbonyl (C=S) groups is 1. The van der Waals surface area contributed by atoms with E-state index in [1.54, 1.807) is 0 Å². The molecule has 1 unspecified atom stereocenters. The van der Waals surface area contributed by atoms with Crippen LogP contribution in [0.5, 0.6) is 0 Å². The standard InChI is InChI=1S/C18H17ClN2S/c1-3-11-18(13-7-5-4-6-8-13)15-12-14(19)9-10-16(15)20-17(22)21(18)2/h3-10,12H,1,11H2,2H3,(H,20,22). The molecule has 2 nitrogen and oxygen atoms in total. The molecule has 0 radical (unpaired) electrons. The van der Waals surface area contributed by atoms with Crippen LogP contribution in [0.3, 0.4) is 0 Å². The van der Waals surface area contributed by atoms with Gasteiger partial charge in [-0.1, -0.05) is 48.0 Å². The Morgan fingerprint density at radius 2 is 2.00 bits per heavy atom. The van der Waals surface area contributed by atoms with E-state index in [2.05, 4.69) is 28.9 Å². The maximum absolute atomic E-state index is 6.27. The number of hydrogen-bond acceptors (Lipinski definition) is 1. The van der Waals surface area contributed by atoms with Gasteiger partial charge in [0.05, 0.1) is 5.54 Å². The van der Waals surface area contributed by atoms with Crippen molar-refractivity contribution in [1.29, 1.82) is 0 Å². The number of anilines is 1. The molecule has 1 N–H and O–H groups in total. The van der Waals surface area contributed by atoms with Crippen LogP contribution in [0.1, 0.15) is 17.5 Å². The highest BCUT2D eigenvalue weighted by Gasteiger charge is 2.43. The Bertz CT molecular complexity index is 729. The van der Waals surface area contributed by atoms with Crippen molar-refractivity contribution in [2.75, 3.05) is 12.4 Å². The molecule has 0 amide bonds. The van der Waals surface area contributed by atoms with E-state index in [9.17, 15) is 0 Å². The van der Waals surface area contributed by atoms with Crippen molar-refractivity contribution < 1.29 is 0 Å². The van der Waals surface area contributed by atoms with Crippen molar-refractivity contribution in [1.82, 2.24) is 4.90 Å². The first-order chi connectivity index (χ1) is 10.6. The van der Waals surface area contributed by atoms with E-state index < -0.39 is 5.54 Å². The van der Waals surface area contributed by atoms with Gasteiger partial charge in [-0.3, -0.25) is 0 Å². The van der Waals surface area contributed by atoms with Crippen molar-refractivity contribution >= 4 is 34.6 Å². The van der Waals surface area contributed by atoms with Crippen molar-refractivity contribution in [3.63, 3.8) is 0 Å². The molecule has 0 bridgehead atoms. The summed E-state index contributed by atoms with van der Waals surface area (Å²) in [6, 6.07) is 16.2. The van der Waals surface area contributed by atoms with Crippen molar-refractivity contribution in [3.05, 3.63) is 77.3 Å². The Morgan fingerprint density at radius 3 is 2.68 bits per heavy atom. The molecule has 1 atom stereocenters. The number of rotatable bonds is 3. The zero-order valence-electron chi connectivity index (χ0n) is 12.3. The SMILES string of the molecule is C=CCC1(c2ccccc2)c2cc(Cl)ccc2NC(=S)N1C. The van der Waals surface area contributed by atoms with E-state index >= 15 is 0 Å². The van der Waals surface area contributed by atoms with Crippen LogP contribution in [0.4, 0.5) is 5.69 Å². The fourth-order valence-electron chi connectivity index (χ4n) is 3.16. The second-order valence-electron chi connectivity index (χ2n) is 5.40. The lowest BCUT2D eigenvalue weighted by Crippen LogP contribution is -2.53. The maximum Gasteiger partial charge on any atom is 0.174 e. The molecule has 1 aliphatic rings. The monoisotopic (exact) mass is 328 g/mol. The Kier molecular flexibility index (Phi) is 3.94. The summed E-state index contributed by atoms with van der Waals surface area (Å²) in [7, 11) is 2.01. The van der Waals surface area contributed by atoms with Gasteiger partial charge in [-0.25, -0.2) is 0 Å². The molecule has 1 aliphatic heterocycles. The first-order valence-corrected chi connectivity index (χ1v) is 7.89. The topological polar surface area (TPSA) is 15.3 Å². The van der Waals surface area contributed by atoms with E-state index in [0.717, 1.165) is 17.7 Å². The van der Waals surface area contributed by atoms with Crippen LogP contribution in [0.15, 0.2) is 61.2 Å². The second-order valence-corrected chi connectivity index (χ2v) is 6.22. The Hall–Kier alpha value is -1.84. The van der Waals surface area contributed by atoms with Crippen molar-refractivity contribution in [2.24, 2.45) is 0 Å². The molecule has 112 valence electrons. The lowest BCUT2D eigenvalue weighted by atomic mass is 9.77. The molecule has 2 aromatic carbocycles. The molecule has 0 aromatic heterocycles. The quantitative estimate of drug-likeness (QED) is 0.643. The van der Waals surface area contributed by atoms with Gasteiger partial charge in [0.2, 0.25) is 0 Å². The van der Waals surface area contributed by atoms with Gasteiger partial charge in [0, 0.05) is 23.3 Å². The minimum atomic E-state index is -0.397. The Morgan fingerprint density at radius 1 is 1.27 bits per heavy atom. The van der Waals surface area contributed by atoms with Gasteiger partial charge < -0.3 is 10.2 Å². The molecule has 0 saturated carbocycles. The molecule has 2 aromatic rings. The third-order valence-corrected chi connectivity index (χ3v) is 4.85. The predicted molar refractivity (Wildman–Crippen MR) is 97.5 cm³/mol. The van der Waals surface area contributed by atoms with Crippen LogP contribution in [0.25, 0.3) is 0 Å². The summed E-state index contributed by atoms with van der Waals surface area (Å²) >= 11 is 11.8. The number of hydrogen-bond donors (Lipinski definition) is 1. The summed E-state index contributed by atoms with van der Waals surface area (Å²) in [6.07, 6.45) is 2.67. The minimum absolute atomic E-state index is 0.397. The normalized spacial score (nSPS) is 20.3. The summed E-state index contributed by atoms with van der Waals surface area (Å²) in [5, 5.41) is 4.69. The molecule has 0 spiro atoms. The average molecular weight is 329 g/mol. The number of nitrogens with one attached hydrogen (secondary N) is 1. The molecule has 3 rings (SSSR count). The zero-order chi connectivity index (χ0) is 15.7. The smallest absolute Gasteiger partial charge is 0.174 e. The van der Waals surface area contributed by atoms with E-state index in [0.29, 0.717) is 10.1 Å². The Labute approximate surface area is 141 Å². The molecular formula is C18H17ClN2S. The average Bonchev–Trinajstić information content (AvgIpc) is 2.53. The van der Waals surface area contributed by atoms with Gasteiger partial charge in [-0.15, -0.1) is 6.58 Å². The third kappa shape index (κ3) is 2.21. The number of benzene rings is 2. The van der Waals surface area contributed by atoms with Crippen LogP contribution in [-0.2, 0) is 5.54 Å². The summed E-state index contributed by atoms with van der Waals surface area (Å²) < 4.78 is 0. The van der Waals surface area contributed by atoms with Crippen LogP contribution in [-0.4, -0.2) is 17.1 Å². The van der Waals surface area contributed by atoms with Crippen LogP contribution in [0, 0.1) is 0 Å². The first-order valence-electron chi connectivity index (χ1n) is 7.11. The van der Waals surface area contributed by atoms with Crippen molar-refractivity contribution in [2.45, 2.75) is 12.0 Å². The number of halogens is 1. The molecule has 0 aliphatic carbocycles. The van der Waals surface area contributed by atoms with E-state index in [1.807, 2.05) is 49.5 Å². The van der Waals surface area contributed by atoms with E-state index in [-0.39, 0.29) is 0 Å². The van der Waals surface area contributed by atoms with Crippen LogP contribution >= 0.6 is 23.8 Å². The van der Waals surface area contributed by atoms with E-state index in [1.165, 1.54) is 5.56 Å². The van der Waals surface area contributed by atoms with Gasteiger partial charge in [-0.05, 0) is 42.4 Å². The zero-order valence-corrected chi connectivity index (χ0v) is 13.9. The van der Waals surface area contributed by atoms with Gasteiger partial charge in [-0.2, -0.15) is 0 Å². The van der Waals surface area contributed by atoms with E-state index in [4.69, 9.17) is 23.8 Å². The van der Waals surface area contributed by atoms with Gasteiger partial charge in [0.15, 0.2) is 5.11 Å². The minimum Gasteiger partial charge on any atom is -0.338 e. The molecule has 0 saturated heterocycles. The highest BCUT2D eigenvalue weighted by molar-refractivity contribution is 7.80. The molecule has 1 heterocycles. The lowest BCUT2D eigenvalue weighted by Gasteiger charge is -2.48. The molecule has 0 fully saturated rings. The molecule has 4 heteroatoms. The van der Waals surface area contributed by atoms with Crippen LogP contribution < -0.4 is 5.32 Å². The highest BCUT2D eigenvalue weighted by atomic mass is 35.5. The predicted octanol–water partition coefficient (Wildman–Crippen LogP) is 4.80. The van der Waals surface area contributed by atoms with Gasteiger partial charge >= 0.3 is 0 Å². The summed E-state index contributed by atoms with van der Waals surface area (Å²) in [6.45, 7) is 3.96. The fraction of sp³-hybridized carbons (Fsp3) is 0.167. The summed E-state index contributed by atoms with van der Waals surface area (Å²) in [5.74, 6) is 0. The lowest BCUT2D eigenvalue weighted by molar-refractivity contribution is 0.262. The van der Waals surface area contributed by atoms with Crippen LogP contribution in [0.2, 0.25) is 5.02 Å². The van der Waals surface area contributed by atoms with Crippen molar-refractivity contribution in [3.8, 4) is 0 Å². The fourth-order valence-corrected chi connectivity index (χ4v) is 3.60. The summed E-state index contributed by atoms with van der Waals surface area (Å²) in [4.78, 5) is 2.10. The van der Waals surface area contributed by atoms with Gasteiger partial charge in [0.1, 0.15) is 0 Å². The molecule has 22 heavy (non-hydrogen) atoms.